The molecular weight excluding hydrogens is 494 g/mol. The van der Waals surface area contributed by atoms with Gasteiger partial charge in [-0.3, -0.25) is 19.2 Å². The molecule has 0 spiro atoms. The van der Waals surface area contributed by atoms with E-state index >= 15 is 0 Å². The lowest BCUT2D eigenvalue weighted by atomic mass is 10.0. The number of carboxylic acid groups (broad SMARTS) is 1. The van der Waals surface area contributed by atoms with Gasteiger partial charge in [-0.2, -0.15) is 0 Å². The minimum absolute atomic E-state index is 0.0413. The van der Waals surface area contributed by atoms with Gasteiger partial charge in [0.25, 0.3) is 0 Å². The van der Waals surface area contributed by atoms with Gasteiger partial charge in [0.1, 0.15) is 18.1 Å². The van der Waals surface area contributed by atoms with Crippen LogP contribution in [0.2, 0.25) is 0 Å². The molecule has 0 aliphatic carbocycles. The van der Waals surface area contributed by atoms with E-state index in [4.69, 9.17) is 5.73 Å². The molecule has 2 aromatic carbocycles. The van der Waals surface area contributed by atoms with Crippen molar-refractivity contribution in [2.45, 2.75) is 43.9 Å². The lowest BCUT2D eigenvalue weighted by molar-refractivity contribution is -0.142. The highest BCUT2D eigenvalue weighted by atomic mass is 16.4. The van der Waals surface area contributed by atoms with Crippen molar-refractivity contribution in [3.05, 3.63) is 71.8 Å². The summed E-state index contributed by atoms with van der Waals surface area (Å²) < 4.78 is 0. The first kappa shape index (κ1) is 29.9. The van der Waals surface area contributed by atoms with Crippen LogP contribution in [0, 0.1) is 0 Å². The summed E-state index contributed by atoms with van der Waals surface area (Å²) in [5.41, 5.74) is 6.86. The molecule has 0 saturated heterocycles. The van der Waals surface area contributed by atoms with Crippen molar-refractivity contribution in [1.29, 1.82) is 0 Å². The molecule has 0 fully saturated rings. The first-order valence-electron chi connectivity index (χ1n) is 12.0. The van der Waals surface area contributed by atoms with E-state index in [1.54, 1.807) is 60.7 Å². The maximum absolute atomic E-state index is 13.1. The Morgan fingerprint density at radius 2 is 1.24 bits per heavy atom. The number of rotatable bonds is 14. The summed E-state index contributed by atoms with van der Waals surface area (Å²) in [5, 5.41) is 28.6. The Bertz CT molecular complexity index is 1100. The topological polar surface area (TPSA) is 200 Å². The van der Waals surface area contributed by atoms with Crippen molar-refractivity contribution >= 4 is 29.6 Å². The van der Waals surface area contributed by atoms with E-state index in [-0.39, 0.29) is 12.8 Å². The van der Waals surface area contributed by atoms with E-state index in [0.717, 1.165) is 0 Å². The summed E-state index contributed by atoms with van der Waals surface area (Å²) >= 11 is 0. The van der Waals surface area contributed by atoms with E-state index in [2.05, 4.69) is 21.3 Å². The van der Waals surface area contributed by atoms with Gasteiger partial charge in [-0.05, 0) is 18.1 Å². The molecule has 0 aromatic heterocycles. The smallest absolute Gasteiger partial charge is 0.326 e. The molecule has 4 amide bonds. The highest BCUT2D eigenvalue weighted by molar-refractivity contribution is 5.94. The highest BCUT2D eigenvalue weighted by Gasteiger charge is 2.28. The van der Waals surface area contributed by atoms with Crippen LogP contribution in [-0.4, -0.2) is 77.1 Å². The molecule has 0 heterocycles. The fourth-order valence-electron chi connectivity index (χ4n) is 3.41. The maximum atomic E-state index is 13.1. The van der Waals surface area contributed by atoms with Crippen molar-refractivity contribution in [3.8, 4) is 0 Å². The maximum Gasteiger partial charge on any atom is 0.326 e. The second-order valence-electron chi connectivity index (χ2n) is 8.65. The molecule has 0 aliphatic heterocycles. The largest absolute Gasteiger partial charge is 0.480 e. The van der Waals surface area contributed by atoms with Gasteiger partial charge < -0.3 is 37.2 Å². The van der Waals surface area contributed by atoms with Crippen LogP contribution in [0.5, 0.6) is 0 Å². The SMILES string of the molecule is C[C@H](N)C(=O)N[C@@H](CO)C(=O)NCC(=O)N[C@@H](Cc1ccccc1)C(=O)N[C@@H](Cc1ccccc1)C(=O)O. The van der Waals surface area contributed by atoms with Crippen molar-refractivity contribution in [2.24, 2.45) is 5.73 Å². The van der Waals surface area contributed by atoms with Crippen molar-refractivity contribution in [3.63, 3.8) is 0 Å². The number of carbonyl (C=O) groups excluding carboxylic acids is 4. The second-order valence-corrected chi connectivity index (χ2v) is 8.65. The molecule has 2 aromatic rings. The van der Waals surface area contributed by atoms with E-state index < -0.39 is 66.9 Å². The van der Waals surface area contributed by atoms with Crippen LogP contribution >= 0.6 is 0 Å². The molecule has 2 rings (SSSR count). The minimum Gasteiger partial charge on any atom is -0.480 e. The molecule has 0 unspecified atom stereocenters. The molecule has 204 valence electrons. The van der Waals surface area contributed by atoms with E-state index in [1.807, 2.05) is 0 Å². The third kappa shape index (κ3) is 9.99. The first-order chi connectivity index (χ1) is 18.1. The average molecular weight is 528 g/mol. The number of aliphatic carboxylic acids is 1. The van der Waals surface area contributed by atoms with Gasteiger partial charge in [0.2, 0.25) is 23.6 Å². The number of aliphatic hydroxyl groups is 1. The van der Waals surface area contributed by atoms with Crippen molar-refractivity contribution in [1.82, 2.24) is 21.3 Å². The quantitative estimate of drug-likeness (QED) is 0.153. The third-order valence-electron chi connectivity index (χ3n) is 5.48. The number of aliphatic hydroxyl groups excluding tert-OH is 1. The molecule has 0 aliphatic rings. The van der Waals surface area contributed by atoms with Crippen LogP contribution in [0.15, 0.2) is 60.7 Å². The highest BCUT2D eigenvalue weighted by Crippen LogP contribution is 2.07. The summed E-state index contributed by atoms with van der Waals surface area (Å²) in [6, 6.07) is 13.0. The van der Waals surface area contributed by atoms with Gasteiger partial charge >= 0.3 is 5.97 Å². The van der Waals surface area contributed by atoms with Crippen LogP contribution < -0.4 is 27.0 Å². The molecule has 8 N–H and O–H groups in total. The first-order valence-corrected chi connectivity index (χ1v) is 12.0. The van der Waals surface area contributed by atoms with Crippen LogP contribution in [-0.2, 0) is 36.8 Å². The number of carboxylic acids is 1. The van der Waals surface area contributed by atoms with Gasteiger partial charge in [0.15, 0.2) is 0 Å². The van der Waals surface area contributed by atoms with E-state index in [9.17, 15) is 34.2 Å². The standard InChI is InChI=1S/C26H33N5O7/c1-16(27)23(34)31-21(15-32)24(35)28-14-22(33)29-19(12-17-8-4-2-5-9-17)25(36)30-20(26(37)38)13-18-10-6-3-7-11-18/h2-11,16,19-21,32H,12-15,27H2,1H3,(H,28,35)(H,29,33)(H,30,36)(H,31,34)(H,37,38)/t16-,19-,20-,21-/m0/s1. The number of hydrogen-bond acceptors (Lipinski definition) is 7. The zero-order valence-electron chi connectivity index (χ0n) is 20.9. The Hall–Kier alpha value is -4.29. The lowest BCUT2D eigenvalue weighted by Crippen LogP contribution is -2.56. The Morgan fingerprint density at radius 3 is 1.71 bits per heavy atom. The molecule has 12 heteroatoms. The Morgan fingerprint density at radius 1 is 0.737 bits per heavy atom. The van der Waals surface area contributed by atoms with Gasteiger partial charge in [-0.1, -0.05) is 60.7 Å². The second kappa shape index (κ2) is 15.1. The van der Waals surface area contributed by atoms with E-state index in [0.29, 0.717) is 11.1 Å². The van der Waals surface area contributed by atoms with Crippen molar-refractivity contribution in [2.75, 3.05) is 13.2 Å². The monoisotopic (exact) mass is 527 g/mol. The normalized spacial score (nSPS) is 13.8. The Balaban J connectivity index is 2.07. The number of benzene rings is 2. The zero-order chi connectivity index (χ0) is 28.1. The van der Waals surface area contributed by atoms with Crippen LogP contribution in [0.3, 0.4) is 0 Å². The number of amides is 4. The molecule has 0 radical (unpaired) electrons. The summed E-state index contributed by atoms with van der Waals surface area (Å²) in [6.45, 7) is 0.124. The predicted octanol–water partition coefficient (Wildman–Crippen LogP) is -1.53. The number of nitrogens with one attached hydrogen (secondary N) is 4. The average Bonchev–Trinajstić information content (AvgIpc) is 2.90. The van der Waals surface area contributed by atoms with Gasteiger partial charge in [-0.15, -0.1) is 0 Å². The predicted molar refractivity (Wildman–Crippen MR) is 137 cm³/mol. The molecule has 12 nitrogen and oxygen atoms in total. The summed E-state index contributed by atoms with van der Waals surface area (Å²) in [7, 11) is 0. The number of hydrogen-bond donors (Lipinski definition) is 7. The fraction of sp³-hybridized carbons (Fsp3) is 0.346. The van der Waals surface area contributed by atoms with Crippen LogP contribution in [0.4, 0.5) is 0 Å². The molecular formula is C26H33N5O7. The molecule has 0 saturated carbocycles. The summed E-state index contributed by atoms with van der Waals surface area (Å²) in [6.07, 6.45) is 0.105. The van der Waals surface area contributed by atoms with Gasteiger partial charge in [-0.25, -0.2) is 4.79 Å². The van der Waals surface area contributed by atoms with Gasteiger partial charge in [0, 0.05) is 12.8 Å². The van der Waals surface area contributed by atoms with Crippen LogP contribution in [0.25, 0.3) is 0 Å². The molecule has 4 atom stereocenters. The third-order valence-corrected chi connectivity index (χ3v) is 5.48. The fourth-order valence-corrected chi connectivity index (χ4v) is 3.41. The summed E-state index contributed by atoms with van der Waals surface area (Å²) in [4.78, 5) is 61.5. The lowest BCUT2D eigenvalue weighted by Gasteiger charge is -2.22. The van der Waals surface area contributed by atoms with Crippen molar-refractivity contribution < 1.29 is 34.2 Å². The number of nitrogens with two attached hydrogens (primary N) is 1. The number of carbonyl (C=O) groups is 5. The van der Waals surface area contributed by atoms with Crippen LogP contribution in [0.1, 0.15) is 18.1 Å². The Kier molecular flexibility index (Phi) is 11.9. The zero-order valence-corrected chi connectivity index (χ0v) is 20.9. The molecule has 0 bridgehead atoms. The van der Waals surface area contributed by atoms with E-state index in [1.165, 1.54) is 6.92 Å². The molecule has 38 heavy (non-hydrogen) atoms. The summed E-state index contributed by atoms with van der Waals surface area (Å²) in [5.74, 6) is -4.17. The Labute approximate surface area is 220 Å². The van der Waals surface area contributed by atoms with Gasteiger partial charge in [0.05, 0.1) is 19.2 Å². The minimum atomic E-state index is -1.32.